The number of piperazine rings is 1. The Labute approximate surface area is 152 Å². The van der Waals surface area contributed by atoms with Crippen LogP contribution in [0.1, 0.15) is 16.4 Å². The Balaban J connectivity index is 1.60. The number of hydrogen-bond acceptors (Lipinski definition) is 10. The molecule has 1 aliphatic rings. The minimum atomic E-state index is -0.516. The van der Waals surface area contributed by atoms with E-state index >= 15 is 0 Å². The fraction of sp³-hybridized carbons (Fsp3) is 0.400. The molecule has 1 fully saturated rings. The fourth-order valence-electron chi connectivity index (χ4n) is 2.77. The number of aryl methyl sites for hydroxylation is 1. The van der Waals surface area contributed by atoms with E-state index < -0.39 is 5.97 Å². The van der Waals surface area contributed by atoms with Crippen LogP contribution in [0.4, 0.5) is 10.9 Å². The summed E-state index contributed by atoms with van der Waals surface area (Å²) in [5.74, 6) is 1.19. The van der Waals surface area contributed by atoms with E-state index in [9.17, 15) is 4.79 Å². The van der Waals surface area contributed by atoms with Gasteiger partial charge >= 0.3 is 5.97 Å². The average molecular weight is 376 g/mol. The lowest BCUT2D eigenvalue weighted by Crippen LogP contribution is -2.47. The van der Waals surface area contributed by atoms with E-state index in [0.29, 0.717) is 0 Å². The van der Waals surface area contributed by atoms with Gasteiger partial charge in [-0.05, 0) is 18.4 Å². The van der Waals surface area contributed by atoms with Gasteiger partial charge in [0.1, 0.15) is 5.82 Å². The molecule has 0 N–H and O–H groups in total. The zero-order valence-electron chi connectivity index (χ0n) is 13.8. The first-order valence-electron chi connectivity index (χ1n) is 7.79. The third-order valence-electron chi connectivity index (χ3n) is 4.02. The van der Waals surface area contributed by atoms with Crippen LogP contribution >= 0.6 is 22.9 Å². The predicted octanol–water partition coefficient (Wildman–Crippen LogP) is 1.96. The first kappa shape index (κ1) is 16.2. The summed E-state index contributed by atoms with van der Waals surface area (Å²) in [7, 11) is 1.34. The number of carbonyl (C=O) groups excluding carboxylic acids is 1. The molecule has 0 aromatic carbocycles. The molecular formula is C15H16N6O2S2. The van der Waals surface area contributed by atoms with Crippen LogP contribution in [0.25, 0.3) is 10.2 Å². The number of rotatable bonds is 3. The van der Waals surface area contributed by atoms with Crippen LogP contribution in [0.5, 0.6) is 0 Å². The maximum Gasteiger partial charge on any atom is 0.376 e. The first-order valence-corrected chi connectivity index (χ1v) is 9.45. The minimum Gasteiger partial charge on any atom is -0.463 e. The number of hydrogen-bond donors (Lipinski definition) is 0. The van der Waals surface area contributed by atoms with Gasteiger partial charge in [0.2, 0.25) is 11.0 Å². The number of fused-ring (bicyclic) bond motifs is 1. The molecule has 0 amide bonds. The van der Waals surface area contributed by atoms with Crippen LogP contribution in [0.2, 0.25) is 0 Å². The highest BCUT2D eigenvalue weighted by atomic mass is 32.1. The third kappa shape index (κ3) is 3.02. The van der Waals surface area contributed by atoms with Crippen molar-refractivity contribution in [2.45, 2.75) is 6.92 Å². The summed E-state index contributed by atoms with van der Waals surface area (Å²) in [6.45, 7) is 5.16. The number of ether oxygens (including phenoxy) is 1. The van der Waals surface area contributed by atoms with Crippen molar-refractivity contribution >= 4 is 50.0 Å². The van der Waals surface area contributed by atoms with Gasteiger partial charge in [-0.15, -0.1) is 11.3 Å². The fourth-order valence-corrected chi connectivity index (χ4v) is 4.34. The Morgan fingerprint density at radius 2 is 1.92 bits per heavy atom. The molecule has 0 bridgehead atoms. The van der Waals surface area contributed by atoms with Gasteiger partial charge in [0, 0.05) is 37.7 Å². The Morgan fingerprint density at radius 3 is 2.60 bits per heavy atom. The molecule has 25 heavy (non-hydrogen) atoms. The van der Waals surface area contributed by atoms with Crippen molar-refractivity contribution in [2.75, 3.05) is 43.1 Å². The summed E-state index contributed by atoms with van der Waals surface area (Å²) < 4.78 is 10.0. The van der Waals surface area contributed by atoms with Crippen LogP contribution in [-0.4, -0.2) is 58.6 Å². The zero-order chi connectivity index (χ0) is 17.4. The normalized spacial score (nSPS) is 15.0. The monoisotopic (exact) mass is 376 g/mol. The quantitative estimate of drug-likeness (QED) is 0.642. The maximum absolute atomic E-state index is 11.9. The summed E-state index contributed by atoms with van der Waals surface area (Å²) >= 11 is 3.01. The van der Waals surface area contributed by atoms with Crippen LogP contribution < -0.4 is 9.80 Å². The molecule has 1 saturated heterocycles. The van der Waals surface area contributed by atoms with Crippen molar-refractivity contribution in [1.82, 2.24) is 19.3 Å². The van der Waals surface area contributed by atoms with Gasteiger partial charge in [-0.2, -0.15) is 4.37 Å². The van der Waals surface area contributed by atoms with Crippen molar-refractivity contribution < 1.29 is 9.53 Å². The number of anilines is 2. The number of methoxy groups -OCH3 is 1. The molecule has 3 aromatic rings. The topological polar surface area (TPSA) is 84.3 Å². The number of thiophene rings is 1. The smallest absolute Gasteiger partial charge is 0.376 e. The highest BCUT2D eigenvalue weighted by Crippen LogP contribution is 2.30. The van der Waals surface area contributed by atoms with E-state index in [1.807, 2.05) is 18.4 Å². The van der Waals surface area contributed by atoms with Crippen LogP contribution in [-0.2, 0) is 4.74 Å². The molecule has 0 atom stereocenters. The number of aromatic nitrogens is 4. The average Bonchev–Trinajstić information content (AvgIpc) is 3.29. The third-order valence-corrected chi connectivity index (χ3v) is 5.79. The van der Waals surface area contributed by atoms with Gasteiger partial charge < -0.3 is 14.5 Å². The summed E-state index contributed by atoms with van der Waals surface area (Å²) in [4.78, 5) is 29.5. The predicted molar refractivity (Wildman–Crippen MR) is 97.8 cm³/mol. The number of carbonyl (C=O) groups is 1. The van der Waals surface area contributed by atoms with Crippen molar-refractivity contribution in [3.63, 3.8) is 0 Å². The molecule has 0 aliphatic carbocycles. The van der Waals surface area contributed by atoms with Crippen LogP contribution in [0, 0.1) is 6.92 Å². The van der Waals surface area contributed by atoms with E-state index in [4.69, 9.17) is 4.74 Å². The number of esters is 1. The molecule has 0 unspecified atom stereocenters. The highest BCUT2D eigenvalue weighted by Gasteiger charge is 2.24. The van der Waals surface area contributed by atoms with Gasteiger partial charge in [-0.1, -0.05) is 0 Å². The van der Waals surface area contributed by atoms with Gasteiger partial charge in [0.05, 0.1) is 17.3 Å². The van der Waals surface area contributed by atoms with Gasteiger partial charge in [0.15, 0.2) is 5.82 Å². The van der Waals surface area contributed by atoms with Gasteiger partial charge in [-0.25, -0.2) is 19.7 Å². The van der Waals surface area contributed by atoms with Crippen molar-refractivity contribution in [3.8, 4) is 0 Å². The van der Waals surface area contributed by atoms with Crippen molar-refractivity contribution in [3.05, 3.63) is 23.1 Å². The molecule has 4 rings (SSSR count). The second kappa shape index (κ2) is 6.52. The Bertz CT molecular complexity index is 916. The molecule has 10 heteroatoms. The van der Waals surface area contributed by atoms with Crippen molar-refractivity contribution in [2.24, 2.45) is 0 Å². The second-order valence-electron chi connectivity index (χ2n) is 5.60. The second-order valence-corrected chi connectivity index (χ2v) is 7.24. The summed E-state index contributed by atoms with van der Waals surface area (Å²) in [5, 5.41) is 2.92. The molecule has 0 saturated carbocycles. The highest BCUT2D eigenvalue weighted by molar-refractivity contribution is 7.17. The van der Waals surface area contributed by atoms with E-state index in [2.05, 4.69) is 29.1 Å². The van der Waals surface area contributed by atoms with E-state index in [0.717, 1.165) is 53.2 Å². The van der Waals surface area contributed by atoms with Crippen LogP contribution in [0.3, 0.4) is 0 Å². The summed E-state index contributed by atoms with van der Waals surface area (Å²) in [5.41, 5.74) is 0.776. The van der Waals surface area contributed by atoms with E-state index in [1.165, 1.54) is 18.6 Å². The number of nitrogens with zero attached hydrogens (tertiary/aromatic N) is 6. The molecular weight excluding hydrogens is 360 g/mol. The minimum absolute atomic E-state index is 0.102. The Morgan fingerprint density at radius 1 is 1.16 bits per heavy atom. The van der Waals surface area contributed by atoms with E-state index in [-0.39, 0.29) is 5.82 Å². The first-order chi connectivity index (χ1) is 12.2. The van der Waals surface area contributed by atoms with Crippen molar-refractivity contribution in [1.29, 1.82) is 0 Å². The zero-order valence-corrected chi connectivity index (χ0v) is 15.4. The summed E-state index contributed by atoms with van der Waals surface area (Å²) in [6, 6.07) is 1.90. The van der Waals surface area contributed by atoms with Crippen LogP contribution in [0.15, 0.2) is 11.4 Å². The molecule has 1 aliphatic heterocycles. The molecule has 130 valence electrons. The standard InChI is InChI=1S/C15H16N6O2S2/c1-9-16-15(25-19-9)21-6-4-20(5-7-21)13-11-10(3-8-24-11)17-12(18-13)14(22)23-2/h3,8H,4-7H2,1-2H3. The maximum atomic E-state index is 11.9. The molecule has 8 nitrogen and oxygen atoms in total. The Kier molecular flexibility index (Phi) is 4.22. The van der Waals surface area contributed by atoms with Gasteiger partial charge in [-0.3, -0.25) is 0 Å². The lowest BCUT2D eigenvalue weighted by molar-refractivity contribution is 0.0587. The molecule has 0 spiro atoms. The molecule has 3 aromatic heterocycles. The molecule has 0 radical (unpaired) electrons. The Hall–Kier alpha value is -2.33. The SMILES string of the molecule is COC(=O)c1nc(N2CCN(c3nc(C)ns3)CC2)c2sccc2n1. The largest absolute Gasteiger partial charge is 0.463 e. The lowest BCUT2D eigenvalue weighted by atomic mass is 10.3. The van der Waals surface area contributed by atoms with E-state index in [1.54, 1.807) is 11.3 Å². The summed E-state index contributed by atoms with van der Waals surface area (Å²) in [6.07, 6.45) is 0. The molecule has 4 heterocycles. The van der Waals surface area contributed by atoms with Gasteiger partial charge in [0.25, 0.3) is 0 Å². The lowest BCUT2D eigenvalue weighted by Gasteiger charge is -2.35.